The van der Waals surface area contributed by atoms with Crippen molar-refractivity contribution in [1.82, 2.24) is 9.71 Å². The van der Waals surface area contributed by atoms with Gasteiger partial charge >= 0.3 is 0 Å². The minimum absolute atomic E-state index is 0.0488. The maximum absolute atomic E-state index is 12.2. The van der Waals surface area contributed by atoms with Crippen molar-refractivity contribution in [3.63, 3.8) is 0 Å². The van der Waals surface area contributed by atoms with Gasteiger partial charge in [-0.15, -0.1) is 0 Å². The summed E-state index contributed by atoms with van der Waals surface area (Å²) in [5, 5.41) is 0. The third-order valence-corrected chi connectivity index (χ3v) is 4.88. The molecule has 0 saturated heterocycles. The third kappa shape index (κ3) is 4.15. The molecule has 1 N–H and O–H groups in total. The first-order valence-electron chi connectivity index (χ1n) is 7.09. The van der Waals surface area contributed by atoms with Crippen LogP contribution in [0.5, 0.6) is 0 Å². The standard InChI is InChI=1S/C14H23N3O3S/c1-10(2)20-12-7-11(8-12)16-21(18,19)13-5-6-14(15-9-13)17(3)4/h5-6,9-12,16H,7-8H2,1-4H3. The fourth-order valence-electron chi connectivity index (χ4n) is 2.24. The summed E-state index contributed by atoms with van der Waals surface area (Å²) < 4.78 is 32.8. The van der Waals surface area contributed by atoms with Crippen LogP contribution in [-0.2, 0) is 14.8 Å². The molecule has 0 amide bonds. The predicted molar refractivity (Wildman–Crippen MR) is 81.9 cm³/mol. The van der Waals surface area contributed by atoms with E-state index in [1.54, 1.807) is 12.1 Å². The highest BCUT2D eigenvalue weighted by Crippen LogP contribution is 2.26. The Morgan fingerprint density at radius 1 is 1.33 bits per heavy atom. The Bertz CT molecular complexity index is 564. The van der Waals surface area contributed by atoms with Crippen LogP contribution in [0.2, 0.25) is 0 Å². The highest BCUT2D eigenvalue weighted by molar-refractivity contribution is 7.89. The monoisotopic (exact) mass is 313 g/mol. The Hall–Kier alpha value is -1.18. The van der Waals surface area contributed by atoms with Crippen molar-refractivity contribution < 1.29 is 13.2 Å². The SMILES string of the molecule is CC(C)OC1CC(NS(=O)(=O)c2ccc(N(C)C)nc2)C1. The Labute approximate surface area is 126 Å². The molecule has 1 saturated carbocycles. The van der Waals surface area contributed by atoms with Gasteiger partial charge in [0.15, 0.2) is 0 Å². The molecule has 6 nitrogen and oxygen atoms in total. The quantitative estimate of drug-likeness (QED) is 0.859. The van der Waals surface area contributed by atoms with Crippen LogP contribution in [0.1, 0.15) is 26.7 Å². The minimum atomic E-state index is -3.50. The summed E-state index contributed by atoms with van der Waals surface area (Å²) in [6, 6.07) is 3.22. The van der Waals surface area contributed by atoms with Crippen LogP contribution < -0.4 is 9.62 Å². The summed E-state index contributed by atoms with van der Waals surface area (Å²) in [5.74, 6) is 0.725. The average molecular weight is 313 g/mol. The second kappa shape index (κ2) is 6.29. The van der Waals surface area contributed by atoms with E-state index in [1.807, 2.05) is 32.8 Å². The van der Waals surface area contributed by atoms with Gasteiger partial charge in [-0.25, -0.2) is 18.1 Å². The van der Waals surface area contributed by atoms with Gasteiger partial charge in [0, 0.05) is 26.3 Å². The summed E-state index contributed by atoms with van der Waals surface area (Å²) in [6.07, 6.45) is 3.17. The van der Waals surface area contributed by atoms with Gasteiger partial charge in [0.2, 0.25) is 10.0 Å². The van der Waals surface area contributed by atoms with Gasteiger partial charge in [-0.05, 0) is 38.8 Å². The van der Waals surface area contributed by atoms with Crippen LogP contribution in [0.3, 0.4) is 0 Å². The van der Waals surface area contributed by atoms with Gasteiger partial charge in [0.1, 0.15) is 10.7 Å². The van der Waals surface area contributed by atoms with Gasteiger partial charge in [-0.3, -0.25) is 0 Å². The van der Waals surface area contributed by atoms with E-state index in [4.69, 9.17) is 4.74 Å². The van der Waals surface area contributed by atoms with Crippen molar-refractivity contribution in [3.8, 4) is 0 Å². The number of pyridine rings is 1. The minimum Gasteiger partial charge on any atom is -0.375 e. The van der Waals surface area contributed by atoms with E-state index in [1.165, 1.54) is 6.20 Å². The molecule has 1 aromatic rings. The molecule has 1 heterocycles. The average Bonchev–Trinajstić information content (AvgIpc) is 2.35. The summed E-state index contributed by atoms with van der Waals surface area (Å²) in [6.45, 7) is 3.96. The molecule has 0 aliphatic heterocycles. The summed E-state index contributed by atoms with van der Waals surface area (Å²) in [5.41, 5.74) is 0. The fraction of sp³-hybridized carbons (Fsp3) is 0.643. The molecule has 1 aromatic heterocycles. The highest BCUT2D eigenvalue weighted by Gasteiger charge is 2.33. The molecule has 0 atom stereocenters. The molecule has 0 radical (unpaired) electrons. The first kappa shape index (κ1) is 16.2. The molecular weight excluding hydrogens is 290 g/mol. The van der Waals surface area contributed by atoms with Crippen LogP contribution in [0.15, 0.2) is 23.2 Å². The van der Waals surface area contributed by atoms with Crippen LogP contribution in [0, 0.1) is 0 Å². The second-order valence-electron chi connectivity index (χ2n) is 5.84. The second-order valence-corrected chi connectivity index (χ2v) is 7.56. The Morgan fingerprint density at radius 3 is 2.48 bits per heavy atom. The number of anilines is 1. The number of aromatic nitrogens is 1. The van der Waals surface area contributed by atoms with Crippen molar-refractivity contribution in [1.29, 1.82) is 0 Å². The summed E-state index contributed by atoms with van der Waals surface area (Å²) in [4.78, 5) is 6.15. The number of hydrogen-bond donors (Lipinski definition) is 1. The van der Waals surface area contributed by atoms with Crippen molar-refractivity contribution in [2.45, 2.75) is 49.8 Å². The summed E-state index contributed by atoms with van der Waals surface area (Å²) in [7, 11) is 0.217. The first-order valence-corrected chi connectivity index (χ1v) is 8.57. The van der Waals surface area contributed by atoms with Gasteiger partial charge in [0.25, 0.3) is 0 Å². The van der Waals surface area contributed by atoms with E-state index in [-0.39, 0.29) is 23.1 Å². The number of hydrogen-bond acceptors (Lipinski definition) is 5. The van der Waals surface area contributed by atoms with Gasteiger partial charge in [0.05, 0.1) is 12.2 Å². The topological polar surface area (TPSA) is 71.5 Å². The highest BCUT2D eigenvalue weighted by atomic mass is 32.2. The van der Waals surface area contributed by atoms with E-state index >= 15 is 0 Å². The van der Waals surface area contributed by atoms with E-state index in [2.05, 4.69) is 9.71 Å². The van der Waals surface area contributed by atoms with Crippen molar-refractivity contribution in [2.75, 3.05) is 19.0 Å². The van der Waals surface area contributed by atoms with E-state index in [0.29, 0.717) is 0 Å². The molecular formula is C14H23N3O3S. The maximum Gasteiger partial charge on any atom is 0.242 e. The van der Waals surface area contributed by atoms with Crippen molar-refractivity contribution >= 4 is 15.8 Å². The largest absolute Gasteiger partial charge is 0.375 e. The van der Waals surface area contributed by atoms with Crippen LogP contribution >= 0.6 is 0 Å². The molecule has 1 aliphatic carbocycles. The number of ether oxygens (including phenoxy) is 1. The Balaban J connectivity index is 1.94. The van der Waals surface area contributed by atoms with Crippen molar-refractivity contribution in [2.24, 2.45) is 0 Å². The smallest absolute Gasteiger partial charge is 0.242 e. The zero-order chi connectivity index (χ0) is 15.6. The zero-order valence-corrected chi connectivity index (χ0v) is 13.7. The van der Waals surface area contributed by atoms with Gasteiger partial charge in [-0.2, -0.15) is 0 Å². The fourth-order valence-corrected chi connectivity index (χ4v) is 3.45. The zero-order valence-electron chi connectivity index (χ0n) is 12.9. The van der Waals surface area contributed by atoms with Crippen LogP contribution in [0.25, 0.3) is 0 Å². The molecule has 0 spiro atoms. The molecule has 1 fully saturated rings. The molecule has 0 unspecified atom stereocenters. The molecule has 7 heteroatoms. The third-order valence-electron chi connectivity index (χ3n) is 3.37. The molecule has 2 rings (SSSR count). The predicted octanol–water partition coefficient (Wildman–Crippen LogP) is 1.38. The lowest BCUT2D eigenvalue weighted by Crippen LogP contribution is -2.48. The maximum atomic E-state index is 12.2. The molecule has 21 heavy (non-hydrogen) atoms. The summed E-state index contributed by atoms with van der Waals surface area (Å²) >= 11 is 0. The number of nitrogens with one attached hydrogen (secondary N) is 1. The Morgan fingerprint density at radius 2 is 2.00 bits per heavy atom. The molecule has 118 valence electrons. The van der Waals surface area contributed by atoms with E-state index in [0.717, 1.165) is 18.7 Å². The van der Waals surface area contributed by atoms with Gasteiger partial charge < -0.3 is 9.64 Å². The lowest BCUT2D eigenvalue weighted by molar-refractivity contribution is -0.0459. The number of sulfonamides is 1. The molecule has 0 aromatic carbocycles. The number of nitrogens with zero attached hydrogens (tertiary/aromatic N) is 2. The molecule has 0 bridgehead atoms. The number of rotatable bonds is 6. The lowest BCUT2D eigenvalue weighted by Gasteiger charge is -2.36. The molecule has 1 aliphatic rings. The van der Waals surface area contributed by atoms with Crippen LogP contribution in [-0.4, -0.2) is 45.7 Å². The van der Waals surface area contributed by atoms with Crippen LogP contribution in [0.4, 0.5) is 5.82 Å². The normalized spacial score (nSPS) is 22.1. The van der Waals surface area contributed by atoms with E-state index < -0.39 is 10.0 Å². The van der Waals surface area contributed by atoms with Crippen molar-refractivity contribution in [3.05, 3.63) is 18.3 Å². The Kier molecular flexibility index (Phi) is 4.85. The lowest BCUT2D eigenvalue weighted by atomic mass is 9.90. The first-order chi connectivity index (χ1) is 9.78. The van der Waals surface area contributed by atoms with Gasteiger partial charge in [-0.1, -0.05) is 0 Å². The van der Waals surface area contributed by atoms with E-state index in [9.17, 15) is 8.42 Å².